The normalized spacial score (nSPS) is 25.0. The molecule has 2 heterocycles. The lowest BCUT2D eigenvalue weighted by Gasteiger charge is -2.43. The van der Waals surface area contributed by atoms with Crippen molar-refractivity contribution in [2.75, 3.05) is 31.1 Å². The van der Waals surface area contributed by atoms with Gasteiger partial charge in [-0.05, 0) is 39.3 Å². The van der Waals surface area contributed by atoms with Gasteiger partial charge in [-0.1, -0.05) is 29.3 Å². The van der Waals surface area contributed by atoms with Crippen molar-refractivity contribution in [2.24, 2.45) is 0 Å². The molecule has 0 bridgehead atoms. The predicted molar refractivity (Wildman–Crippen MR) is 104 cm³/mol. The van der Waals surface area contributed by atoms with Crippen LogP contribution < -0.4 is 0 Å². The summed E-state index contributed by atoms with van der Waals surface area (Å²) in [5, 5.41) is 0. The highest BCUT2D eigenvalue weighted by Gasteiger charge is 2.47. The fourth-order valence-corrected chi connectivity index (χ4v) is 6.02. The van der Waals surface area contributed by atoms with Crippen LogP contribution in [0.2, 0.25) is 0 Å². The van der Waals surface area contributed by atoms with Crippen molar-refractivity contribution in [3.63, 3.8) is 0 Å². The highest BCUT2D eigenvalue weighted by molar-refractivity contribution is 7.91. The number of nitrogens with zero attached hydrogens (tertiary/aromatic N) is 2. The van der Waals surface area contributed by atoms with Gasteiger partial charge in [0.1, 0.15) is 0 Å². The monoisotopic (exact) mass is 376 g/mol. The molecule has 2 fully saturated rings. The first-order chi connectivity index (χ1) is 12.2. The van der Waals surface area contributed by atoms with Gasteiger partial charge >= 0.3 is 0 Å². The van der Waals surface area contributed by atoms with Crippen molar-refractivity contribution in [1.82, 2.24) is 9.80 Å². The molecule has 0 unspecified atom stereocenters. The van der Waals surface area contributed by atoms with E-state index in [1.54, 1.807) is 4.90 Å². The third-order valence-electron chi connectivity index (χ3n) is 5.40. The molecule has 0 spiro atoms. The molecule has 142 valence electrons. The SMILES string of the molecule is CC(C)=CCN1CCN(C(=O)c2ccc(C)cc2C)[C@H]2CS(=O)(=O)C[C@H]21. The van der Waals surface area contributed by atoms with Crippen LogP contribution in [0.5, 0.6) is 0 Å². The standard InChI is InChI=1S/C20H28N2O3S/c1-14(2)7-8-21-9-10-22(19-13-26(24,25)12-18(19)21)20(23)17-6-5-15(3)11-16(17)4/h5-7,11,18-19H,8-10,12-13H2,1-4H3/t18-,19+/m1/s1. The Balaban J connectivity index is 1.88. The number of sulfone groups is 1. The molecule has 0 N–H and O–H groups in total. The van der Waals surface area contributed by atoms with Gasteiger partial charge in [0.25, 0.3) is 5.91 Å². The maximum absolute atomic E-state index is 13.2. The first-order valence-corrected chi connectivity index (χ1v) is 11.0. The van der Waals surface area contributed by atoms with Crippen LogP contribution in [0.1, 0.15) is 35.3 Å². The molecule has 0 saturated carbocycles. The van der Waals surface area contributed by atoms with Crippen LogP contribution >= 0.6 is 0 Å². The number of aryl methyl sites for hydroxylation is 2. The van der Waals surface area contributed by atoms with E-state index in [0.717, 1.165) is 17.7 Å². The quantitative estimate of drug-likeness (QED) is 0.759. The first kappa shape index (κ1) is 19.1. The lowest BCUT2D eigenvalue weighted by atomic mass is 10.00. The molecule has 2 saturated heterocycles. The van der Waals surface area contributed by atoms with Gasteiger partial charge in [-0.3, -0.25) is 9.69 Å². The number of hydrogen-bond donors (Lipinski definition) is 0. The topological polar surface area (TPSA) is 57.7 Å². The predicted octanol–water partition coefficient (Wildman–Crippen LogP) is 2.19. The molecule has 2 aliphatic rings. The summed E-state index contributed by atoms with van der Waals surface area (Å²) in [6.45, 7) is 10.0. The minimum atomic E-state index is -3.12. The summed E-state index contributed by atoms with van der Waals surface area (Å²) in [7, 11) is -3.12. The fourth-order valence-electron chi connectivity index (χ4n) is 4.01. The van der Waals surface area contributed by atoms with Crippen LogP contribution in [0.25, 0.3) is 0 Å². The summed E-state index contributed by atoms with van der Waals surface area (Å²) in [6, 6.07) is 5.43. The highest BCUT2D eigenvalue weighted by Crippen LogP contribution is 2.29. The number of carbonyl (C=O) groups is 1. The highest BCUT2D eigenvalue weighted by atomic mass is 32.2. The van der Waals surface area contributed by atoms with Gasteiger partial charge in [-0.15, -0.1) is 0 Å². The van der Waals surface area contributed by atoms with E-state index >= 15 is 0 Å². The Morgan fingerprint density at radius 1 is 1.15 bits per heavy atom. The van der Waals surface area contributed by atoms with E-state index < -0.39 is 9.84 Å². The molecular formula is C20H28N2O3S. The van der Waals surface area contributed by atoms with E-state index in [-0.39, 0.29) is 29.5 Å². The third-order valence-corrected chi connectivity index (χ3v) is 7.10. The van der Waals surface area contributed by atoms with Crippen molar-refractivity contribution in [2.45, 2.75) is 39.8 Å². The molecule has 1 aromatic carbocycles. The fraction of sp³-hybridized carbons (Fsp3) is 0.550. The Kier molecular flexibility index (Phi) is 5.26. The van der Waals surface area contributed by atoms with E-state index in [1.807, 2.05) is 45.9 Å². The molecule has 3 rings (SSSR count). The minimum Gasteiger partial charge on any atom is -0.332 e. The summed E-state index contributed by atoms with van der Waals surface area (Å²) < 4.78 is 24.6. The van der Waals surface area contributed by atoms with E-state index in [2.05, 4.69) is 11.0 Å². The average Bonchev–Trinajstić information content (AvgIpc) is 2.87. The number of rotatable bonds is 3. The number of allylic oxidation sites excluding steroid dienone is 1. The Morgan fingerprint density at radius 2 is 1.85 bits per heavy atom. The zero-order valence-corrected chi connectivity index (χ0v) is 16.8. The van der Waals surface area contributed by atoms with Gasteiger partial charge < -0.3 is 4.90 Å². The van der Waals surface area contributed by atoms with E-state index in [4.69, 9.17) is 0 Å². The number of amides is 1. The lowest BCUT2D eigenvalue weighted by molar-refractivity contribution is 0.0367. The number of fused-ring (bicyclic) bond motifs is 1. The van der Waals surface area contributed by atoms with E-state index in [0.29, 0.717) is 18.7 Å². The Hall–Kier alpha value is -1.66. The zero-order valence-electron chi connectivity index (χ0n) is 16.0. The molecule has 1 aromatic rings. The molecule has 2 atom stereocenters. The molecule has 6 heteroatoms. The second-order valence-electron chi connectivity index (χ2n) is 7.80. The van der Waals surface area contributed by atoms with Crippen LogP contribution in [-0.4, -0.2) is 67.3 Å². The summed E-state index contributed by atoms with van der Waals surface area (Å²) in [6.07, 6.45) is 2.13. The summed E-state index contributed by atoms with van der Waals surface area (Å²) in [5.74, 6) is 0.168. The molecule has 2 aliphatic heterocycles. The van der Waals surface area contributed by atoms with Crippen LogP contribution in [0.3, 0.4) is 0 Å². The number of piperazine rings is 1. The average molecular weight is 377 g/mol. The number of carbonyl (C=O) groups excluding carboxylic acids is 1. The van der Waals surface area contributed by atoms with Crippen LogP contribution in [-0.2, 0) is 9.84 Å². The van der Waals surface area contributed by atoms with Crippen molar-refractivity contribution in [1.29, 1.82) is 0 Å². The van der Waals surface area contributed by atoms with E-state index in [9.17, 15) is 13.2 Å². The van der Waals surface area contributed by atoms with Gasteiger partial charge in [0.15, 0.2) is 9.84 Å². The maximum atomic E-state index is 13.2. The largest absolute Gasteiger partial charge is 0.332 e. The van der Waals surface area contributed by atoms with Crippen LogP contribution in [0.15, 0.2) is 29.8 Å². The van der Waals surface area contributed by atoms with Gasteiger partial charge in [0, 0.05) is 31.2 Å². The molecule has 5 nitrogen and oxygen atoms in total. The molecule has 26 heavy (non-hydrogen) atoms. The molecule has 0 aromatic heterocycles. The Morgan fingerprint density at radius 3 is 2.50 bits per heavy atom. The van der Waals surface area contributed by atoms with Crippen LogP contribution in [0.4, 0.5) is 0 Å². The lowest BCUT2D eigenvalue weighted by Crippen LogP contribution is -2.60. The second-order valence-corrected chi connectivity index (χ2v) is 9.96. The molecule has 0 radical (unpaired) electrons. The summed E-state index contributed by atoms with van der Waals surface area (Å²) >= 11 is 0. The zero-order chi connectivity index (χ0) is 19.1. The molecule has 0 aliphatic carbocycles. The molecule has 1 amide bonds. The van der Waals surface area contributed by atoms with Crippen molar-refractivity contribution < 1.29 is 13.2 Å². The van der Waals surface area contributed by atoms with Crippen molar-refractivity contribution >= 4 is 15.7 Å². The summed E-state index contributed by atoms with van der Waals surface area (Å²) in [5.41, 5.74) is 3.96. The number of benzene rings is 1. The van der Waals surface area contributed by atoms with Crippen molar-refractivity contribution in [3.05, 3.63) is 46.5 Å². The maximum Gasteiger partial charge on any atom is 0.254 e. The van der Waals surface area contributed by atoms with Gasteiger partial charge in [0.2, 0.25) is 0 Å². The van der Waals surface area contributed by atoms with Gasteiger partial charge in [-0.2, -0.15) is 0 Å². The van der Waals surface area contributed by atoms with Crippen LogP contribution in [0, 0.1) is 13.8 Å². The smallest absolute Gasteiger partial charge is 0.254 e. The Labute approximate surface area is 156 Å². The number of hydrogen-bond acceptors (Lipinski definition) is 4. The van der Waals surface area contributed by atoms with E-state index in [1.165, 1.54) is 5.57 Å². The van der Waals surface area contributed by atoms with Gasteiger partial charge in [0.05, 0.1) is 17.5 Å². The molecular weight excluding hydrogens is 348 g/mol. The first-order valence-electron chi connectivity index (χ1n) is 9.14. The summed E-state index contributed by atoms with van der Waals surface area (Å²) in [4.78, 5) is 17.2. The minimum absolute atomic E-state index is 0.0449. The van der Waals surface area contributed by atoms with Crippen molar-refractivity contribution in [3.8, 4) is 0 Å². The Bertz CT molecular complexity index is 841. The second kappa shape index (κ2) is 7.16. The third kappa shape index (κ3) is 3.86. The van der Waals surface area contributed by atoms with Gasteiger partial charge in [-0.25, -0.2) is 8.42 Å².